The van der Waals surface area contributed by atoms with Crippen molar-refractivity contribution < 1.29 is 0 Å². The monoisotopic (exact) mass is 265 g/mol. The molecule has 0 saturated heterocycles. The highest BCUT2D eigenvalue weighted by atomic mass is 35.5. The minimum Gasteiger partial charge on any atom is -0.233 e. The Morgan fingerprint density at radius 2 is 2.21 bits per heavy atom. The van der Waals surface area contributed by atoms with E-state index in [1.165, 1.54) is 16.7 Å². The van der Waals surface area contributed by atoms with E-state index in [1.807, 2.05) is 18.0 Å². The summed E-state index contributed by atoms with van der Waals surface area (Å²) in [4.78, 5) is 5.31. The maximum absolute atomic E-state index is 5.75. The third-order valence-corrected chi connectivity index (χ3v) is 6.18. The highest BCUT2D eigenvalue weighted by Crippen LogP contribution is 2.23. The molecule has 1 heterocycles. The normalized spacial score (nSPS) is 12.0. The molecule has 0 N–H and O–H groups in total. The van der Waals surface area contributed by atoms with Crippen molar-refractivity contribution in [2.45, 2.75) is 31.4 Å². The molecule has 5 heteroatoms. The molecule has 0 radical (unpaired) electrons. The van der Waals surface area contributed by atoms with E-state index >= 15 is 0 Å². The molecule has 1 nitrogen and oxygen atoms in total. The number of rotatable bonds is 5. The SMILES string of the molecule is C[Si](C)(C)CCSCc1cnc(Cl)s1. The lowest BCUT2D eigenvalue weighted by molar-refractivity contribution is 1.34. The molecule has 0 atom stereocenters. The third kappa shape index (κ3) is 5.39. The van der Waals surface area contributed by atoms with Gasteiger partial charge in [-0.05, 0) is 11.8 Å². The molecule has 0 fully saturated rings. The fourth-order valence-electron chi connectivity index (χ4n) is 0.901. The predicted octanol–water partition coefficient (Wildman–Crippen LogP) is 4.37. The summed E-state index contributed by atoms with van der Waals surface area (Å²) in [5.74, 6) is 2.33. The second-order valence-corrected chi connectivity index (χ2v) is 12.9. The first-order valence-electron chi connectivity index (χ1n) is 4.65. The topological polar surface area (TPSA) is 12.9 Å². The number of nitrogens with zero attached hydrogens (tertiary/aromatic N) is 1. The highest BCUT2D eigenvalue weighted by molar-refractivity contribution is 7.98. The summed E-state index contributed by atoms with van der Waals surface area (Å²) < 4.78 is 0.658. The highest BCUT2D eigenvalue weighted by Gasteiger charge is 2.11. The molecule has 0 spiro atoms. The fraction of sp³-hybridized carbons (Fsp3) is 0.667. The summed E-state index contributed by atoms with van der Waals surface area (Å²) in [6.45, 7) is 7.24. The van der Waals surface area contributed by atoms with E-state index in [-0.39, 0.29) is 0 Å². The Morgan fingerprint density at radius 1 is 1.50 bits per heavy atom. The first-order valence-corrected chi connectivity index (χ1v) is 10.7. The molecule has 1 rings (SSSR count). The molecule has 0 aliphatic heterocycles. The Morgan fingerprint density at radius 3 is 2.71 bits per heavy atom. The van der Waals surface area contributed by atoms with Gasteiger partial charge in [0.1, 0.15) is 0 Å². The molecular weight excluding hydrogens is 250 g/mol. The van der Waals surface area contributed by atoms with E-state index in [2.05, 4.69) is 24.6 Å². The van der Waals surface area contributed by atoms with Gasteiger partial charge in [0.25, 0.3) is 0 Å². The van der Waals surface area contributed by atoms with Crippen molar-refractivity contribution in [3.05, 3.63) is 15.5 Å². The van der Waals surface area contributed by atoms with Crippen LogP contribution in [0.2, 0.25) is 30.2 Å². The number of thiazole rings is 1. The zero-order valence-electron chi connectivity index (χ0n) is 8.84. The van der Waals surface area contributed by atoms with Crippen LogP contribution >= 0.6 is 34.7 Å². The van der Waals surface area contributed by atoms with E-state index < -0.39 is 8.07 Å². The van der Waals surface area contributed by atoms with Crippen molar-refractivity contribution in [2.24, 2.45) is 0 Å². The number of hydrogen-bond donors (Lipinski definition) is 0. The predicted molar refractivity (Wildman–Crippen MR) is 71.4 cm³/mol. The lowest BCUT2D eigenvalue weighted by Crippen LogP contribution is -2.19. The first kappa shape index (κ1) is 12.6. The van der Waals surface area contributed by atoms with Crippen molar-refractivity contribution in [2.75, 3.05) is 5.75 Å². The van der Waals surface area contributed by atoms with Gasteiger partial charge in [-0.1, -0.05) is 31.2 Å². The molecule has 80 valence electrons. The Labute approximate surface area is 100 Å². The average molecular weight is 266 g/mol. The van der Waals surface area contributed by atoms with Crippen LogP contribution in [0.4, 0.5) is 0 Å². The van der Waals surface area contributed by atoms with Gasteiger partial charge in [0.15, 0.2) is 4.47 Å². The summed E-state index contributed by atoms with van der Waals surface area (Å²) in [6, 6.07) is 1.39. The molecule has 0 unspecified atom stereocenters. The van der Waals surface area contributed by atoms with Crippen LogP contribution in [0.15, 0.2) is 6.20 Å². The van der Waals surface area contributed by atoms with Gasteiger partial charge in [-0.3, -0.25) is 0 Å². The zero-order chi connectivity index (χ0) is 10.6. The molecule has 0 amide bonds. The Kier molecular flexibility index (Phi) is 4.97. The molecule has 0 bridgehead atoms. The second kappa shape index (κ2) is 5.54. The van der Waals surface area contributed by atoms with Gasteiger partial charge in [-0.2, -0.15) is 11.8 Å². The van der Waals surface area contributed by atoms with E-state index in [1.54, 1.807) is 11.3 Å². The van der Waals surface area contributed by atoms with Crippen LogP contribution in [0, 0.1) is 0 Å². The molecule has 0 aliphatic carbocycles. The van der Waals surface area contributed by atoms with Gasteiger partial charge in [-0.15, -0.1) is 11.3 Å². The van der Waals surface area contributed by atoms with E-state index in [0.29, 0.717) is 4.47 Å². The third-order valence-electron chi connectivity index (χ3n) is 1.77. The minimum absolute atomic E-state index is 0.658. The summed E-state index contributed by atoms with van der Waals surface area (Å²) in [6.07, 6.45) is 1.88. The summed E-state index contributed by atoms with van der Waals surface area (Å²) in [5, 5.41) is 0. The fourth-order valence-corrected chi connectivity index (χ4v) is 5.61. The van der Waals surface area contributed by atoms with Crippen LogP contribution in [-0.2, 0) is 5.75 Å². The van der Waals surface area contributed by atoms with Crippen molar-refractivity contribution in [1.82, 2.24) is 4.98 Å². The number of hydrogen-bond acceptors (Lipinski definition) is 3. The van der Waals surface area contributed by atoms with Crippen LogP contribution in [0.5, 0.6) is 0 Å². The molecule has 1 aromatic heterocycles. The largest absolute Gasteiger partial charge is 0.233 e. The molecule has 0 aliphatic rings. The van der Waals surface area contributed by atoms with Gasteiger partial charge >= 0.3 is 0 Å². The number of aromatic nitrogens is 1. The van der Waals surface area contributed by atoms with Crippen LogP contribution in [0.1, 0.15) is 4.88 Å². The van der Waals surface area contributed by atoms with Crippen molar-refractivity contribution in [3.63, 3.8) is 0 Å². The van der Waals surface area contributed by atoms with E-state index in [4.69, 9.17) is 11.6 Å². The minimum atomic E-state index is -0.849. The Bertz CT molecular complexity index is 283. The maximum atomic E-state index is 5.75. The van der Waals surface area contributed by atoms with Crippen molar-refractivity contribution in [1.29, 1.82) is 0 Å². The molecular formula is C9H16ClNS2Si. The van der Waals surface area contributed by atoms with Gasteiger partial charge in [0, 0.05) is 24.9 Å². The van der Waals surface area contributed by atoms with Crippen molar-refractivity contribution >= 4 is 42.8 Å². The summed E-state index contributed by atoms with van der Waals surface area (Å²) in [7, 11) is -0.849. The molecule has 0 aromatic carbocycles. The van der Waals surface area contributed by atoms with Crippen molar-refractivity contribution in [3.8, 4) is 0 Å². The first-order chi connectivity index (χ1) is 6.47. The maximum Gasteiger partial charge on any atom is 0.183 e. The summed E-state index contributed by atoms with van der Waals surface area (Å²) >= 11 is 9.33. The molecule has 14 heavy (non-hydrogen) atoms. The lowest BCUT2D eigenvalue weighted by Gasteiger charge is -2.14. The summed E-state index contributed by atoms with van der Waals surface area (Å²) in [5.41, 5.74) is 0. The number of thioether (sulfide) groups is 1. The van der Waals surface area contributed by atoms with Gasteiger partial charge < -0.3 is 0 Å². The van der Waals surface area contributed by atoms with Crippen LogP contribution in [0.3, 0.4) is 0 Å². The van der Waals surface area contributed by atoms with E-state index in [9.17, 15) is 0 Å². The standard InChI is InChI=1S/C9H16ClNS2Si/c1-14(2,3)5-4-12-7-8-6-11-9(10)13-8/h6H,4-5,7H2,1-3H3. The van der Waals surface area contributed by atoms with Crippen LogP contribution in [-0.4, -0.2) is 18.8 Å². The van der Waals surface area contributed by atoms with E-state index in [0.717, 1.165) is 5.75 Å². The second-order valence-electron chi connectivity index (χ2n) is 4.44. The Hall–Kier alpha value is 0.487. The lowest BCUT2D eigenvalue weighted by atomic mass is 10.6. The quantitative estimate of drug-likeness (QED) is 0.579. The van der Waals surface area contributed by atoms with Gasteiger partial charge in [-0.25, -0.2) is 4.98 Å². The van der Waals surface area contributed by atoms with Gasteiger partial charge in [0.05, 0.1) is 0 Å². The molecule has 1 aromatic rings. The van der Waals surface area contributed by atoms with Crippen LogP contribution in [0.25, 0.3) is 0 Å². The molecule has 0 saturated carbocycles. The van der Waals surface area contributed by atoms with Gasteiger partial charge in [0.2, 0.25) is 0 Å². The smallest absolute Gasteiger partial charge is 0.183 e. The van der Waals surface area contributed by atoms with Crippen LogP contribution < -0.4 is 0 Å². The Balaban J connectivity index is 2.16. The number of halogens is 1. The zero-order valence-corrected chi connectivity index (χ0v) is 12.2. The average Bonchev–Trinajstić information content (AvgIpc) is 2.44.